The van der Waals surface area contributed by atoms with Crippen LogP contribution in [-0.4, -0.2) is 21.8 Å². The Labute approximate surface area is 163 Å². The number of carbonyl (C=O) groups excluding carboxylic acids is 2. The molecule has 0 saturated carbocycles. The van der Waals surface area contributed by atoms with Gasteiger partial charge >= 0.3 is 0 Å². The summed E-state index contributed by atoms with van der Waals surface area (Å²) in [5.41, 5.74) is 3.60. The molecule has 0 aliphatic heterocycles. The van der Waals surface area contributed by atoms with Crippen LogP contribution in [0.25, 0.3) is 0 Å². The Morgan fingerprint density at radius 1 is 0.929 bits per heavy atom. The largest absolute Gasteiger partial charge is 0.326 e. The van der Waals surface area contributed by atoms with E-state index < -0.39 is 0 Å². The van der Waals surface area contributed by atoms with Gasteiger partial charge in [-0.2, -0.15) is 0 Å². The van der Waals surface area contributed by atoms with Gasteiger partial charge in [-0.25, -0.2) is 9.97 Å². The summed E-state index contributed by atoms with van der Waals surface area (Å²) >= 11 is 0. The zero-order valence-electron chi connectivity index (χ0n) is 15.7. The van der Waals surface area contributed by atoms with Gasteiger partial charge in [0.05, 0.1) is 5.56 Å². The molecule has 1 aromatic heterocycles. The normalized spacial score (nSPS) is 10.2. The molecule has 1 heterocycles. The van der Waals surface area contributed by atoms with Crippen LogP contribution < -0.4 is 16.0 Å². The van der Waals surface area contributed by atoms with Crippen molar-refractivity contribution >= 4 is 34.8 Å². The van der Waals surface area contributed by atoms with Crippen LogP contribution in [0.4, 0.5) is 23.0 Å². The van der Waals surface area contributed by atoms with Crippen LogP contribution in [0, 0.1) is 0 Å². The van der Waals surface area contributed by atoms with E-state index >= 15 is 0 Å². The van der Waals surface area contributed by atoms with Crippen molar-refractivity contribution in [3.05, 3.63) is 72.1 Å². The fourth-order valence-corrected chi connectivity index (χ4v) is 2.66. The van der Waals surface area contributed by atoms with E-state index in [1.807, 2.05) is 37.3 Å². The summed E-state index contributed by atoms with van der Waals surface area (Å²) in [5.74, 6) is -0.0565. The van der Waals surface area contributed by atoms with Crippen LogP contribution >= 0.6 is 0 Å². The van der Waals surface area contributed by atoms with Gasteiger partial charge in [-0.3, -0.25) is 9.59 Å². The molecule has 3 rings (SSSR count). The average Bonchev–Trinajstić information content (AvgIpc) is 2.68. The molecule has 3 N–H and O–H groups in total. The summed E-state index contributed by atoms with van der Waals surface area (Å²) in [5, 5.41) is 8.65. The number of nitrogens with zero attached hydrogens (tertiary/aromatic N) is 2. The van der Waals surface area contributed by atoms with Crippen LogP contribution in [0.3, 0.4) is 0 Å². The Morgan fingerprint density at radius 2 is 1.64 bits per heavy atom. The van der Waals surface area contributed by atoms with Crippen molar-refractivity contribution in [2.24, 2.45) is 0 Å². The van der Waals surface area contributed by atoms with Crippen molar-refractivity contribution in [3.63, 3.8) is 0 Å². The van der Waals surface area contributed by atoms with Crippen LogP contribution in [0.5, 0.6) is 0 Å². The Balaban J connectivity index is 1.68. The fraction of sp³-hybridized carbons (Fsp3) is 0.143. The van der Waals surface area contributed by atoms with Gasteiger partial charge in [0, 0.05) is 36.4 Å². The Kier molecular flexibility index (Phi) is 5.96. The third kappa shape index (κ3) is 4.91. The quantitative estimate of drug-likeness (QED) is 0.605. The van der Waals surface area contributed by atoms with Gasteiger partial charge in [0.25, 0.3) is 5.91 Å². The third-order valence-electron chi connectivity index (χ3n) is 4.00. The van der Waals surface area contributed by atoms with Gasteiger partial charge in [0.15, 0.2) is 0 Å². The molecule has 0 radical (unpaired) electrons. The summed E-state index contributed by atoms with van der Waals surface area (Å²) in [6, 6.07) is 14.9. The number of para-hydroxylation sites is 1. The lowest BCUT2D eigenvalue weighted by molar-refractivity contribution is -0.114. The first-order valence-electron chi connectivity index (χ1n) is 8.91. The van der Waals surface area contributed by atoms with E-state index in [2.05, 4.69) is 25.9 Å². The second-order valence-electron chi connectivity index (χ2n) is 6.15. The highest BCUT2D eigenvalue weighted by Gasteiger charge is 2.10. The van der Waals surface area contributed by atoms with Gasteiger partial charge in [-0.1, -0.05) is 31.2 Å². The summed E-state index contributed by atoms with van der Waals surface area (Å²) in [6.45, 7) is 3.49. The van der Waals surface area contributed by atoms with Crippen molar-refractivity contribution in [1.29, 1.82) is 0 Å². The second kappa shape index (κ2) is 8.77. The summed E-state index contributed by atoms with van der Waals surface area (Å²) in [7, 11) is 0. The van der Waals surface area contributed by atoms with Gasteiger partial charge in [0.1, 0.15) is 0 Å². The number of hydrogen-bond donors (Lipinski definition) is 3. The van der Waals surface area contributed by atoms with Crippen molar-refractivity contribution < 1.29 is 9.59 Å². The molecule has 0 bridgehead atoms. The van der Waals surface area contributed by atoms with E-state index in [0.29, 0.717) is 17.2 Å². The van der Waals surface area contributed by atoms with Crippen molar-refractivity contribution in [2.75, 3.05) is 16.0 Å². The van der Waals surface area contributed by atoms with E-state index in [4.69, 9.17) is 0 Å². The van der Waals surface area contributed by atoms with Crippen molar-refractivity contribution in [3.8, 4) is 0 Å². The van der Waals surface area contributed by atoms with E-state index in [9.17, 15) is 9.59 Å². The van der Waals surface area contributed by atoms with E-state index in [0.717, 1.165) is 23.4 Å². The molecule has 2 amide bonds. The highest BCUT2D eigenvalue weighted by molar-refractivity contribution is 6.04. The monoisotopic (exact) mass is 375 g/mol. The number of anilines is 4. The maximum Gasteiger partial charge on any atom is 0.258 e. The number of nitrogens with one attached hydrogen (secondary N) is 3. The standard InChI is InChI=1S/C21H21N5O2/c1-3-15-7-4-5-10-19(15)26-20(28)16-12-22-21(23-13-16)25-18-9-6-8-17(11-18)24-14(2)27/h4-13H,3H2,1-2H3,(H,24,27)(H,26,28)(H,22,23,25). The third-order valence-corrected chi connectivity index (χ3v) is 4.00. The van der Waals surface area contributed by atoms with Crippen molar-refractivity contribution in [1.82, 2.24) is 9.97 Å². The number of aryl methyl sites for hydroxylation is 1. The number of carbonyl (C=O) groups is 2. The SMILES string of the molecule is CCc1ccccc1NC(=O)c1cnc(Nc2cccc(NC(C)=O)c2)nc1. The lowest BCUT2D eigenvalue weighted by atomic mass is 10.1. The predicted octanol–water partition coefficient (Wildman–Crippen LogP) is 3.99. The fourth-order valence-electron chi connectivity index (χ4n) is 2.66. The first-order chi connectivity index (χ1) is 13.5. The Bertz CT molecular complexity index is 986. The highest BCUT2D eigenvalue weighted by Crippen LogP contribution is 2.19. The second-order valence-corrected chi connectivity index (χ2v) is 6.15. The number of amides is 2. The van der Waals surface area contributed by atoms with E-state index in [1.54, 1.807) is 18.2 Å². The average molecular weight is 375 g/mol. The molecule has 2 aromatic carbocycles. The molecule has 3 aromatic rings. The first-order valence-corrected chi connectivity index (χ1v) is 8.91. The number of hydrogen-bond acceptors (Lipinski definition) is 5. The molecular weight excluding hydrogens is 354 g/mol. The van der Waals surface area contributed by atoms with Gasteiger partial charge in [-0.05, 0) is 36.2 Å². The summed E-state index contributed by atoms with van der Waals surface area (Å²) in [4.78, 5) is 32.0. The van der Waals surface area contributed by atoms with E-state index in [-0.39, 0.29) is 11.8 Å². The minimum atomic E-state index is -0.264. The molecule has 0 saturated heterocycles. The zero-order valence-corrected chi connectivity index (χ0v) is 15.7. The molecule has 0 spiro atoms. The molecule has 7 heteroatoms. The number of benzene rings is 2. The van der Waals surface area contributed by atoms with Crippen LogP contribution in [0.2, 0.25) is 0 Å². The molecule has 142 valence electrons. The molecule has 0 atom stereocenters. The number of rotatable bonds is 6. The lowest BCUT2D eigenvalue weighted by Gasteiger charge is -2.10. The summed E-state index contributed by atoms with van der Waals surface area (Å²) in [6.07, 6.45) is 3.77. The smallest absolute Gasteiger partial charge is 0.258 e. The molecule has 28 heavy (non-hydrogen) atoms. The molecule has 0 aliphatic carbocycles. The number of aromatic nitrogens is 2. The molecular formula is C21H21N5O2. The first kappa shape index (κ1) is 19.0. The maximum absolute atomic E-state index is 12.4. The highest BCUT2D eigenvalue weighted by atomic mass is 16.2. The van der Waals surface area contributed by atoms with Gasteiger partial charge < -0.3 is 16.0 Å². The van der Waals surface area contributed by atoms with Crippen LogP contribution in [0.1, 0.15) is 29.8 Å². The molecule has 7 nitrogen and oxygen atoms in total. The van der Waals surface area contributed by atoms with Gasteiger partial charge in [0.2, 0.25) is 11.9 Å². The molecule has 0 unspecified atom stereocenters. The maximum atomic E-state index is 12.4. The molecule has 0 aliphatic rings. The minimum Gasteiger partial charge on any atom is -0.326 e. The zero-order chi connectivity index (χ0) is 19.9. The van der Waals surface area contributed by atoms with E-state index in [1.165, 1.54) is 19.3 Å². The van der Waals surface area contributed by atoms with Crippen LogP contribution in [-0.2, 0) is 11.2 Å². The van der Waals surface area contributed by atoms with Crippen LogP contribution in [0.15, 0.2) is 60.9 Å². The Hall–Kier alpha value is -3.74. The van der Waals surface area contributed by atoms with Crippen molar-refractivity contribution in [2.45, 2.75) is 20.3 Å². The Morgan fingerprint density at radius 3 is 2.36 bits per heavy atom. The summed E-state index contributed by atoms with van der Waals surface area (Å²) < 4.78 is 0. The predicted molar refractivity (Wildman–Crippen MR) is 110 cm³/mol. The van der Waals surface area contributed by atoms with Gasteiger partial charge in [-0.15, -0.1) is 0 Å². The topological polar surface area (TPSA) is 96.0 Å². The lowest BCUT2D eigenvalue weighted by Crippen LogP contribution is -2.14. The molecule has 0 fully saturated rings. The minimum absolute atomic E-state index is 0.145.